The molecule has 1 aromatic heterocycles. The van der Waals surface area contributed by atoms with Crippen LogP contribution < -0.4 is 10.5 Å². The van der Waals surface area contributed by atoms with Crippen molar-refractivity contribution in [2.45, 2.75) is 0 Å². The van der Waals surface area contributed by atoms with Gasteiger partial charge >= 0.3 is 0 Å². The monoisotopic (exact) mass is 234 g/mol. The summed E-state index contributed by atoms with van der Waals surface area (Å²) in [5.74, 6) is 0.153. The lowest BCUT2D eigenvalue weighted by Gasteiger charge is -2.08. The summed E-state index contributed by atoms with van der Waals surface area (Å²) >= 11 is 0. The Kier molecular flexibility index (Phi) is 3.53. The Morgan fingerprint density at radius 2 is 2.33 bits per heavy atom. The first-order valence-corrected chi connectivity index (χ1v) is 5.88. The van der Waals surface area contributed by atoms with E-state index in [0.717, 1.165) is 0 Å². The molecule has 86 valence electrons. The Morgan fingerprint density at radius 1 is 1.67 bits per heavy atom. The number of aryl methyl sites for hydroxylation is 1. The predicted molar refractivity (Wildman–Crippen MR) is 56.9 cm³/mol. The Balaban J connectivity index is 2.77. The molecule has 0 amide bonds. The van der Waals surface area contributed by atoms with Crippen LogP contribution in [-0.2, 0) is 21.8 Å². The third-order valence-corrected chi connectivity index (χ3v) is 2.98. The molecule has 0 fully saturated rings. The minimum absolute atomic E-state index is 0.117. The molecule has 0 saturated carbocycles. The standard InChI is InChI=1S/C7H14N4O3S/c1-11-7(6(8)5-9-11)10-15(12,13)4-3-14-2/h5,10H,3-4,8H2,1-2H3. The average Bonchev–Trinajstić information content (AvgIpc) is 2.46. The van der Waals surface area contributed by atoms with Crippen LogP contribution in [-0.4, -0.2) is 37.7 Å². The minimum Gasteiger partial charge on any atom is -0.394 e. The van der Waals surface area contributed by atoms with Gasteiger partial charge in [-0.2, -0.15) is 5.10 Å². The van der Waals surface area contributed by atoms with Gasteiger partial charge in [0.25, 0.3) is 0 Å². The van der Waals surface area contributed by atoms with E-state index in [4.69, 9.17) is 5.73 Å². The molecular weight excluding hydrogens is 220 g/mol. The van der Waals surface area contributed by atoms with Crippen LogP contribution in [0, 0.1) is 0 Å². The Labute approximate surface area is 88.3 Å². The van der Waals surface area contributed by atoms with E-state index in [1.54, 1.807) is 7.05 Å². The van der Waals surface area contributed by atoms with E-state index < -0.39 is 10.0 Å². The molecule has 3 N–H and O–H groups in total. The molecule has 15 heavy (non-hydrogen) atoms. The van der Waals surface area contributed by atoms with Gasteiger partial charge in [-0.25, -0.2) is 8.42 Å². The van der Waals surface area contributed by atoms with Gasteiger partial charge in [0.2, 0.25) is 10.0 Å². The van der Waals surface area contributed by atoms with Crippen molar-refractivity contribution in [3.05, 3.63) is 6.20 Å². The van der Waals surface area contributed by atoms with E-state index >= 15 is 0 Å². The maximum absolute atomic E-state index is 11.5. The lowest BCUT2D eigenvalue weighted by molar-refractivity contribution is 0.217. The van der Waals surface area contributed by atoms with Crippen LogP contribution in [0.4, 0.5) is 11.5 Å². The second kappa shape index (κ2) is 4.49. The van der Waals surface area contributed by atoms with Crippen molar-refractivity contribution in [1.29, 1.82) is 0 Å². The van der Waals surface area contributed by atoms with Crippen molar-refractivity contribution in [3.63, 3.8) is 0 Å². The lowest BCUT2D eigenvalue weighted by Crippen LogP contribution is -2.21. The fourth-order valence-electron chi connectivity index (χ4n) is 0.971. The van der Waals surface area contributed by atoms with Crippen molar-refractivity contribution in [2.75, 3.05) is 29.9 Å². The minimum atomic E-state index is -3.43. The quantitative estimate of drug-likeness (QED) is 0.708. The van der Waals surface area contributed by atoms with Gasteiger partial charge in [0.05, 0.1) is 24.2 Å². The van der Waals surface area contributed by atoms with Crippen molar-refractivity contribution < 1.29 is 13.2 Å². The maximum Gasteiger partial charge on any atom is 0.236 e. The van der Waals surface area contributed by atoms with Gasteiger partial charge in [-0.05, 0) is 0 Å². The van der Waals surface area contributed by atoms with Gasteiger partial charge < -0.3 is 10.5 Å². The number of nitrogen functional groups attached to an aromatic ring is 1. The SMILES string of the molecule is COCCS(=O)(=O)Nc1c(N)cnn1C. The molecule has 0 aliphatic carbocycles. The normalized spacial score (nSPS) is 11.6. The number of ether oxygens (including phenoxy) is 1. The molecule has 1 rings (SSSR count). The molecule has 0 radical (unpaired) electrons. The molecule has 0 aliphatic heterocycles. The van der Waals surface area contributed by atoms with Crippen LogP contribution in [0.25, 0.3) is 0 Å². The van der Waals surface area contributed by atoms with Gasteiger partial charge in [-0.1, -0.05) is 0 Å². The van der Waals surface area contributed by atoms with E-state index in [1.165, 1.54) is 18.0 Å². The second-order valence-corrected chi connectivity index (χ2v) is 4.83. The summed E-state index contributed by atoms with van der Waals surface area (Å²) < 4.78 is 31.3. The molecule has 0 bridgehead atoms. The van der Waals surface area contributed by atoms with Crippen LogP contribution in [0.15, 0.2) is 6.20 Å². The van der Waals surface area contributed by atoms with E-state index in [9.17, 15) is 8.42 Å². The zero-order chi connectivity index (χ0) is 11.5. The summed E-state index contributed by atoms with van der Waals surface area (Å²) in [6.45, 7) is 0.132. The summed E-state index contributed by atoms with van der Waals surface area (Å²) in [4.78, 5) is 0. The van der Waals surface area contributed by atoms with Gasteiger partial charge in [0.15, 0.2) is 5.82 Å². The lowest BCUT2D eigenvalue weighted by atomic mass is 10.5. The number of anilines is 2. The highest BCUT2D eigenvalue weighted by Crippen LogP contribution is 2.17. The Morgan fingerprint density at radius 3 is 2.80 bits per heavy atom. The molecule has 0 unspecified atom stereocenters. The smallest absolute Gasteiger partial charge is 0.236 e. The molecule has 0 aliphatic rings. The number of hydrogen-bond acceptors (Lipinski definition) is 5. The highest BCUT2D eigenvalue weighted by atomic mass is 32.2. The second-order valence-electron chi connectivity index (χ2n) is 2.99. The van der Waals surface area contributed by atoms with Crippen molar-refractivity contribution in [1.82, 2.24) is 9.78 Å². The van der Waals surface area contributed by atoms with Crippen molar-refractivity contribution in [3.8, 4) is 0 Å². The number of nitrogens with two attached hydrogens (primary N) is 1. The molecule has 1 heterocycles. The van der Waals surface area contributed by atoms with Gasteiger partial charge in [-0.15, -0.1) is 0 Å². The number of sulfonamides is 1. The van der Waals surface area contributed by atoms with Gasteiger partial charge in [-0.3, -0.25) is 9.40 Å². The summed E-state index contributed by atoms with van der Waals surface area (Å²) in [6, 6.07) is 0. The van der Waals surface area contributed by atoms with Crippen LogP contribution in [0.3, 0.4) is 0 Å². The topological polar surface area (TPSA) is 99.2 Å². The number of nitrogens with zero attached hydrogens (tertiary/aromatic N) is 2. The summed E-state index contributed by atoms with van der Waals surface area (Å²) in [5.41, 5.74) is 5.83. The fraction of sp³-hybridized carbons (Fsp3) is 0.571. The highest BCUT2D eigenvalue weighted by molar-refractivity contribution is 7.92. The number of hydrogen-bond donors (Lipinski definition) is 2. The first kappa shape index (κ1) is 11.8. The first-order chi connectivity index (χ1) is 6.96. The van der Waals surface area contributed by atoms with Gasteiger partial charge in [0, 0.05) is 14.2 Å². The molecule has 0 saturated heterocycles. The Bertz CT molecular complexity index is 406. The summed E-state index contributed by atoms with van der Waals surface area (Å²) in [5, 5.41) is 3.81. The van der Waals surface area contributed by atoms with E-state index in [1.807, 2.05) is 0 Å². The third kappa shape index (κ3) is 3.10. The number of nitrogens with one attached hydrogen (secondary N) is 1. The zero-order valence-electron chi connectivity index (χ0n) is 8.60. The van der Waals surface area contributed by atoms with E-state index in [0.29, 0.717) is 5.69 Å². The third-order valence-electron chi connectivity index (χ3n) is 1.78. The number of rotatable bonds is 5. The van der Waals surface area contributed by atoms with Gasteiger partial charge in [0.1, 0.15) is 0 Å². The zero-order valence-corrected chi connectivity index (χ0v) is 9.41. The van der Waals surface area contributed by atoms with Crippen molar-refractivity contribution >= 4 is 21.5 Å². The van der Waals surface area contributed by atoms with Crippen LogP contribution in [0.1, 0.15) is 0 Å². The van der Waals surface area contributed by atoms with Crippen LogP contribution in [0.2, 0.25) is 0 Å². The highest BCUT2D eigenvalue weighted by Gasteiger charge is 2.14. The predicted octanol–water partition coefficient (Wildman–Crippen LogP) is -0.610. The van der Waals surface area contributed by atoms with Crippen LogP contribution >= 0.6 is 0 Å². The molecule has 7 nitrogen and oxygen atoms in total. The summed E-state index contributed by atoms with van der Waals surface area (Å²) in [6.07, 6.45) is 1.38. The largest absolute Gasteiger partial charge is 0.394 e. The molecular formula is C7H14N4O3S. The fourth-order valence-corrected chi connectivity index (χ4v) is 2.00. The van der Waals surface area contributed by atoms with Crippen molar-refractivity contribution in [2.24, 2.45) is 7.05 Å². The number of aromatic nitrogens is 2. The first-order valence-electron chi connectivity index (χ1n) is 4.23. The summed E-state index contributed by atoms with van der Waals surface area (Å²) in [7, 11) is -0.387. The molecule has 1 aromatic rings. The molecule has 8 heteroatoms. The maximum atomic E-state index is 11.5. The average molecular weight is 234 g/mol. The number of methoxy groups -OCH3 is 1. The molecule has 0 atom stereocenters. The van der Waals surface area contributed by atoms with E-state index in [2.05, 4.69) is 14.6 Å². The molecule has 0 aromatic carbocycles. The van der Waals surface area contributed by atoms with E-state index in [-0.39, 0.29) is 18.2 Å². The molecule has 0 spiro atoms. The Hall–Kier alpha value is -1.28. The van der Waals surface area contributed by atoms with Crippen LogP contribution in [0.5, 0.6) is 0 Å².